The predicted molar refractivity (Wildman–Crippen MR) is 33.9 cm³/mol. The average Bonchev–Trinajstić information content (AvgIpc) is 2.27. The summed E-state index contributed by atoms with van der Waals surface area (Å²) >= 11 is 0. The van der Waals surface area contributed by atoms with Gasteiger partial charge in [-0.3, -0.25) is 0 Å². The standard InChI is InChI=1S/C6H5N3/c1-2-5-6(7-3-1)9-4-8-5/h1-4H,(H,7,8,9)/i4T. The zero-order valence-corrected chi connectivity index (χ0v) is 4.63. The fourth-order valence-corrected chi connectivity index (χ4v) is 0.725. The van der Waals surface area contributed by atoms with Crippen LogP contribution >= 0.6 is 0 Å². The molecule has 0 aliphatic carbocycles. The summed E-state index contributed by atoms with van der Waals surface area (Å²) < 4.78 is 7.12. The third-order valence-corrected chi connectivity index (χ3v) is 1.14. The van der Waals surface area contributed by atoms with Crippen LogP contribution in [0.15, 0.2) is 24.6 Å². The first kappa shape index (κ1) is 3.61. The number of rotatable bonds is 0. The normalized spacial score (nSPS) is 11.8. The number of hydrogen-bond acceptors (Lipinski definition) is 2. The molecule has 2 aromatic heterocycles. The Labute approximate surface area is 53.2 Å². The highest BCUT2D eigenvalue weighted by Gasteiger charge is 1.90. The van der Waals surface area contributed by atoms with E-state index in [0.29, 0.717) is 5.65 Å². The number of pyridine rings is 1. The highest BCUT2D eigenvalue weighted by atomic mass is 14.9. The van der Waals surface area contributed by atoms with E-state index in [1.807, 2.05) is 6.07 Å². The van der Waals surface area contributed by atoms with Gasteiger partial charge < -0.3 is 4.98 Å². The number of hydrogen-bond donors (Lipinski definition) is 1. The van der Waals surface area contributed by atoms with Crippen molar-refractivity contribution < 1.29 is 1.37 Å². The molecule has 0 bridgehead atoms. The van der Waals surface area contributed by atoms with Gasteiger partial charge in [-0.2, -0.15) is 0 Å². The summed E-state index contributed by atoms with van der Waals surface area (Å²) in [4.78, 5) is 10.5. The van der Waals surface area contributed by atoms with Crippen LogP contribution in [0.4, 0.5) is 0 Å². The predicted octanol–water partition coefficient (Wildman–Crippen LogP) is 0.958. The Morgan fingerprint density at radius 1 is 1.56 bits per heavy atom. The smallest absolute Gasteiger partial charge is 0.177 e. The summed E-state index contributed by atoms with van der Waals surface area (Å²) in [7, 11) is 0. The SMILES string of the molecule is [3H]c1nc2ncccc2[nH]1. The summed E-state index contributed by atoms with van der Waals surface area (Å²) in [5.41, 5.74) is 1.42. The Morgan fingerprint density at radius 3 is 3.44 bits per heavy atom. The van der Waals surface area contributed by atoms with Crippen LogP contribution in [-0.4, -0.2) is 15.0 Å². The molecule has 0 saturated heterocycles. The number of aromatic nitrogens is 3. The fourth-order valence-electron chi connectivity index (χ4n) is 0.725. The van der Waals surface area contributed by atoms with Crippen molar-refractivity contribution >= 4 is 11.2 Å². The topological polar surface area (TPSA) is 41.6 Å². The van der Waals surface area contributed by atoms with Crippen molar-refractivity contribution in [3.05, 3.63) is 24.6 Å². The summed E-state index contributed by atoms with van der Waals surface area (Å²) in [6, 6.07) is 3.65. The van der Waals surface area contributed by atoms with E-state index >= 15 is 0 Å². The molecule has 0 aliphatic rings. The van der Waals surface area contributed by atoms with Crippen LogP contribution in [0, 0.1) is 0 Å². The van der Waals surface area contributed by atoms with Crippen molar-refractivity contribution in [2.45, 2.75) is 0 Å². The Hall–Kier alpha value is -1.38. The lowest BCUT2D eigenvalue weighted by molar-refractivity contribution is 1.30. The molecule has 0 atom stereocenters. The number of H-pyrrole nitrogens is 1. The van der Waals surface area contributed by atoms with E-state index in [0.717, 1.165) is 5.52 Å². The molecular weight excluding hydrogens is 114 g/mol. The van der Waals surface area contributed by atoms with E-state index in [2.05, 4.69) is 15.0 Å². The maximum Gasteiger partial charge on any atom is 0.177 e. The Bertz CT molecular complexity index is 322. The van der Waals surface area contributed by atoms with Crippen LogP contribution in [0.2, 0.25) is 0 Å². The molecule has 2 aromatic rings. The molecule has 0 unspecified atom stereocenters. The molecule has 0 spiro atoms. The Morgan fingerprint density at radius 2 is 2.56 bits per heavy atom. The van der Waals surface area contributed by atoms with Crippen molar-refractivity contribution in [3.63, 3.8) is 0 Å². The van der Waals surface area contributed by atoms with E-state index in [1.54, 1.807) is 12.3 Å². The second-order valence-electron chi connectivity index (χ2n) is 1.72. The van der Waals surface area contributed by atoms with Crippen molar-refractivity contribution in [3.8, 4) is 0 Å². The number of nitrogens with one attached hydrogen (secondary N) is 1. The van der Waals surface area contributed by atoms with E-state index in [9.17, 15) is 0 Å². The maximum atomic E-state index is 7.12. The number of nitrogens with zero attached hydrogens (tertiary/aromatic N) is 2. The third kappa shape index (κ3) is 0.579. The molecule has 0 radical (unpaired) electrons. The quantitative estimate of drug-likeness (QED) is 0.564. The van der Waals surface area contributed by atoms with Crippen LogP contribution in [0.25, 0.3) is 11.2 Å². The van der Waals surface area contributed by atoms with Crippen LogP contribution < -0.4 is 0 Å². The molecule has 0 aromatic carbocycles. The van der Waals surface area contributed by atoms with E-state index in [4.69, 9.17) is 1.37 Å². The van der Waals surface area contributed by atoms with Gasteiger partial charge in [-0.15, -0.1) is 0 Å². The second-order valence-corrected chi connectivity index (χ2v) is 1.72. The van der Waals surface area contributed by atoms with Gasteiger partial charge in [-0.1, -0.05) is 0 Å². The van der Waals surface area contributed by atoms with Gasteiger partial charge in [-0.25, -0.2) is 9.97 Å². The minimum Gasteiger partial charge on any atom is -0.343 e. The van der Waals surface area contributed by atoms with Crippen molar-refractivity contribution in [2.75, 3.05) is 0 Å². The van der Waals surface area contributed by atoms with Gasteiger partial charge in [0.2, 0.25) is 0 Å². The molecule has 0 aliphatic heterocycles. The first-order valence-electron chi connectivity index (χ1n) is 3.13. The van der Waals surface area contributed by atoms with Gasteiger partial charge in [-0.05, 0) is 12.1 Å². The first-order valence-corrected chi connectivity index (χ1v) is 2.63. The zero-order valence-electron chi connectivity index (χ0n) is 5.63. The van der Waals surface area contributed by atoms with Gasteiger partial charge in [0, 0.05) is 6.20 Å². The first-order chi connectivity index (χ1) is 4.86. The highest BCUT2D eigenvalue weighted by Crippen LogP contribution is 2.01. The van der Waals surface area contributed by atoms with Gasteiger partial charge in [0.25, 0.3) is 0 Å². The summed E-state index contributed by atoms with van der Waals surface area (Å²) in [5.74, 6) is 0. The second kappa shape index (κ2) is 1.55. The molecule has 1 N–H and O–H groups in total. The molecule has 3 nitrogen and oxygen atoms in total. The van der Waals surface area contributed by atoms with Crippen molar-refractivity contribution in [1.29, 1.82) is 0 Å². The number of imidazole rings is 1. The third-order valence-electron chi connectivity index (χ3n) is 1.14. The minimum atomic E-state index is 0.161. The molecule has 2 rings (SSSR count). The minimum absolute atomic E-state index is 0.161. The highest BCUT2D eigenvalue weighted by molar-refractivity contribution is 5.68. The van der Waals surface area contributed by atoms with E-state index < -0.39 is 0 Å². The summed E-state index contributed by atoms with van der Waals surface area (Å²) in [6.07, 6.45) is 1.82. The number of aromatic amines is 1. The fraction of sp³-hybridized carbons (Fsp3) is 0. The summed E-state index contributed by atoms with van der Waals surface area (Å²) in [5, 5.41) is 0. The maximum absolute atomic E-state index is 7.12. The number of fused-ring (bicyclic) bond motifs is 1. The van der Waals surface area contributed by atoms with Gasteiger partial charge in [0.05, 0.1) is 11.8 Å². The van der Waals surface area contributed by atoms with Crippen LogP contribution in [0.3, 0.4) is 0 Å². The van der Waals surface area contributed by atoms with Crippen molar-refractivity contribution in [2.24, 2.45) is 0 Å². The Balaban J connectivity index is 2.88. The van der Waals surface area contributed by atoms with Crippen LogP contribution in [0.1, 0.15) is 1.37 Å². The van der Waals surface area contributed by atoms with Crippen LogP contribution in [-0.2, 0) is 0 Å². The van der Waals surface area contributed by atoms with Gasteiger partial charge in [0.15, 0.2) is 5.65 Å². The zero-order chi connectivity index (χ0) is 6.97. The Kier molecular flexibility index (Phi) is 0.621. The molecule has 9 heavy (non-hydrogen) atoms. The molecule has 44 valence electrons. The largest absolute Gasteiger partial charge is 0.343 e. The molecule has 0 amide bonds. The summed E-state index contributed by atoms with van der Waals surface area (Å²) in [6.45, 7) is 0. The molecular formula is C6H5N3. The lowest BCUT2D eigenvalue weighted by Crippen LogP contribution is -1.71. The lowest BCUT2D eigenvalue weighted by atomic mass is 10.4. The molecule has 0 fully saturated rings. The van der Waals surface area contributed by atoms with Crippen molar-refractivity contribution in [1.82, 2.24) is 15.0 Å². The van der Waals surface area contributed by atoms with Gasteiger partial charge >= 0.3 is 0 Å². The molecule has 3 heteroatoms. The monoisotopic (exact) mass is 121 g/mol. The molecule has 0 saturated carbocycles. The van der Waals surface area contributed by atoms with E-state index in [1.165, 1.54) is 0 Å². The average molecular weight is 121 g/mol. The van der Waals surface area contributed by atoms with E-state index in [-0.39, 0.29) is 6.30 Å². The molecule has 2 heterocycles. The van der Waals surface area contributed by atoms with Crippen LogP contribution in [0.5, 0.6) is 0 Å². The lowest BCUT2D eigenvalue weighted by Gasteiger charge is -1.80. The van der Waals surface area contributed by atoms with Gasteiger partial charge in [0.1, 0.15) is 1.37 Å².